The van der Waals surface area contributed by atoms with Crippen LogP contribution in [0.3, 0.4) is 0 Å². The van der Waals surface area contributed by atoms with E-state index in [2.05, 4.69) is 6.58 Å². The molecular formula is C15H18ClN3O4S. The van der Waals surface area contributed by atoms with E-state index < -0.39 is 21.1 Å². The smallest absolute Gasteiger partial charge is 0.302 e. The summed E-state index contributed by atoms with van der Waals surface area (Å²) in [5.74, 6) is 0. The third-order valence-electron chi connectivity index (χ3n) is 3.63. The first-order valence-corrected chi connectivity index (χ1v) is 8.96. The maximum Gasteiger partial charge on any atom is 0.317 e. The van der Waals surface area contributed by atoms with Gasteiger partial charge in [0.05, 0.1) is 22.5 Å². The molecule has 0 radical (unpaired) electrons. The first-order valence-electron chi connectivity index (χ1n) is 7.14. The third kappa shape index (κ3) is 3.04. The Morgan fingerprint density at radius 1 is 1.17 bits per heavy atom. The Balaban J connectivity index is 2.98. The van der Waals surface area contributed by atoms with Crippen molar-refractivity contribution in [3.8, 4) is 0 Å². The fourth-order valence-corrected chi connectivity index (χ4v) is 3.45. The summed E-state index contributed by atoms with van der Waals surface area (Å²) >= 11 is 5.80. The predicted octanol–water partition coefficient (Wildman–Crippen LogP) is 1.19. The summed E-state index contributed by atoms with van der Waals surface area (Å²) in [6.07, 6.45) is 0. The second-order valence-electron chi connectivity index (χ2n) is 5.40. The van der Waals surface area contributed by atoms with Gasteiger partial charge in [-0.3, -0.25) is 14.2 Å². The molecule has 9 heteroatoms. The van der Waals surface area contributed by atoms with Gasteiger partial charge < -0.3 is 4.57 Å². The molecule has 24 heavy (non-hydrogen) atoms. The molecule has 0 fully saturated rings. The quantitative estimate of drug-likeness (QED) is 0.739. The number of benzene rings is 1. The highest BCUT2D eigenvalue weighted by molar-refractivity contribution is 7.89. The van der Waals surface area contributed by atoms with Crippen LogP contribution >= 0.6 is 11.6 Å². The maximum absolute atomic E-state index is 12.4. The SMILES string of the molecule is C=C(Cl)Cn1c(=O)c(=O)n(CC)c2ccc(S(=O)(=O)N(C)C)cc21. The fourth-order valence-electron chi connectivity index (χ4n) is 2.41. The minimum atomic E-state index is -3.68. The zero-order valence-electron chi connectivity index (χ0n) is 13.6. The molecule has 0 atom stereocenters. The third-order valence-corrected chi connectivity index (χ3v) is 5.56. The molecule has 0 saturated carbocycles. The molecule has 0 aliphatic carbocycles. The van der Waals surface area contributed by atoms with Crippen molar-refractivity contribution in [2.75, 3.05) is 14.1 Å². The highest BCUT2D eigenvalue weighted by Gasteiger charge is 2.20. The second kappa shape index (κ2) is 6.54. The van der Waals surface area contributed by atoms with Crippen molar-refractivity contribution in [2.24, 2.45) is 0 Å². The monoisotopic (exact) mass is 371 g/mol. The fraction of sp³-hybridized carbons (Fsp3) is 0.333. The lowest BCUT2D eigenvalue weighted by molar-refractivity contribution is 0.521. The van der Waals surface area contributed by atoms with E-state index in [0.29, 0.717) is 11.0 Å². The highest BCUT2D eigenvalue weighted by atomic mass is 35.5. The Bertz CT molecular complexity index is 1040. The van der Waals surface area contributed by atoms with Crippen LogP contribution in [0.15, 0.2) is 44.3 Å². The summed E-state index contributed by atoms with van der Waals surface area (Å²) in [6, 6.07) is 4.30. The van der Waals surface area contributed by atoms with Crippen molar-refractivity contribution in [1.82, 2.24) is 13.4 Å². The molecule has 0 aliphatic heterocycles. The minimum Gasteiger partial charge on any atom is -0.302 e. The van der Waals surface area contributed by atoms with Crippen LogP contribution in [0.2, 0.25) is 0 Å². The number of aromatic nitrogens is 2. The van der Waals surface area contributed by atoms with E-state index in [1.54, 1.807) is 6.92 Å². The molecule has 2 aromatic rings. The zero-order valence-corrected chi connectivity index (χ0v) is 15.2. The Hall–Kier alpha value is -1.90. The molecule has 0 aliphatic rings. The van der Waals surface area contributed by atoms with E-state index in [1.165, 1.54) is 36.9 Å². The molecule has 1 heterocycles. The number of hydrogen-bond acceptors (Lipinski definition) is 4. The molecule has 0 saturated heterocycles. The number of hydrogen-bond donors (Lipinski definition) is 0. The van der Waals surface area contributed by atoms with Gasteiger partial charge in [0.25, 0.3) is 0 Å². The van der Waals surface area contributed by atoms with Crippen molar-refractivity contribution in [1.29, 1.82) is 0 Å². The minimum absolute atomic E-state index is 0.0228. The Morgan fingerprint density at radius 3 is 2.25 bits per heavy atom. The van der Waals surface area contributed by atoms with Crippen LogP contribution < -0.4 is 11.1 Å². The summed E-state index contributed by atoms with van der Waals surface area (Å²) in [5.41, 5.74) is -0.694. The number of halogens is 1. The molecule has 0 unspecified atom stereocenters. The lowest BCUT2D eigenvalue weighted by atomic mass is 10.2. The largest absolute Gasteiger partial charge is 0.317 e. The van der Waals surface area contributed by atoms with E-state index in [0.717, 1.165) is 8.87 Å². The summed E-state index contributed by atoms with van der Waals surface area (Å²) in [7, 11) is -0.847. The Kier molecular flexibility index (Phi) is 5.03. The van der Waals surface area contributed by atoms with Crippen LogP contribution in [0.1, 0.15) is 6.92 Å². The zero-order chi connectivity index (χ0) is 18.2. The van der Waals surface area contributed by atoms with Gasteiger partial charge in [-0.05, 0) is 25.1 Å². The first-order chi connectivity index (χ1) is 11.1. The van der Waals surface area contributed by atoms with Crippen LogP contribution in [0.25, 0.3) is 11.0 Å². The summed E-state index contributed by atoms with van der Waals surface area (Å²) in [4.78, 5) is 24.6. The van der Waals surface area contributed by atoms with Crippen LogP contribution in [0.5, 0.6) is 0 Å². The standard InChI is InChI=1S/C15H18ClN3O4S/c1-5-18-12-7-6-11(24(22,23)17(3)4)8-13(12)19(9-10(2)16)15(21)14(18)20/h6-8H,2,5,9H2,1,3-4H3. The molecule has 1 aromatic heterocycles. The summed E-state index contributed by atoms with van der Waals surface area (Å²) in [6.45, 7) is 5.48. The molecule has 0 N–H and O–H groups in total. The Morgan fingerprint density at radius 2 is 1.75 bits per heavy atom. The first kappa shape index (κ1) is 18.4. The van der Waals surface area contributed by atoms with Crippen LogP contribution in [0, 0.1) is 0 Å². The number of fused-ring (bicyclic) bond motifs is 1. The topological polar surface area (TPSA) is 81.4 Å². The van der Waals surface area contributed by atoms with Crippen molar-refractivity contribution >= 4 is 32.7 Å². The van der Waals surface area contributed by atoms with Crippen molar-refractivity contribution in [3.05, 3.63) is 50.5 Å². The van der Waals surface area contributed by atoms with Gasteiger partial charge in [0.1, 0.15) is 0 Å². The van der Waals surface area contributed by atoms with E-state index in [4.69, 9.17) is 11.6 Å². The highest BCUT2D eigenvalue weighted by Crippen LogP contribution is 2.20. The van der Waals surface area contributed by atoms with Crippen molar-refractivity contribution < 1.29 is 8.42 Å². The van der Waals surface area contributed by atoms with Crippen LogP contribution in [-0.2, 0) is 23.1 Å². The molecule has 0 bridgehead atoms. The van der Waals surface area contributed by atoms with Gasteiger partial charge in [-0.15, -0.1) is 0 Å². The molecule has 2 rings (SSSR count). The molecule has 0 amide bonds. The number of rotatable bonds is 5. The van der Waals surface area contributed by atoms with Gasteiger partial charge in [0, 0.05) is 25.7 Å². The average molecular weight is 372 g/mol. The average Bonchev–Trinajstić information content (AvgIpc) is 2.51. The lowest BCUT2D eigenvalue weighted by Crippen LogP contribution is -2.41. The van der Waals surface area contributed by atoms with Gasteiger partial charge in [-0.2, -0.15) is 0 Å². The number of aryl methyl sites for hydroxylation is 1. The van der Waals surface area contributed by atoms with E-state index in [9.17, 15) is 18.0 Å². The van der Waals surface area contributed by atoms with Gasteiger partial charge in [0.2, 0.25) is 10.0 Å². The lowest BCUT2D eigenvalue weighted by Gasteiger charge is -2.16. The summed E-state index contributed by atoms with van der Waals surface area (Å²) in [5, 5.41) is 0.160. The molecule has 1 aromatic carbocycles. The van der Waals surface area contributed by atoms with E-state index >= 15 is 0 Å². The van der Waals surface area contributed by atoms with Gasteiger partial charge in [-0.25, -0.2) is 12.7 Å². The van der Waals surface area contributed by atoms with Crippen LogP contribution in [0.4, 0.5) is 0 Å². The second-order valence-corrected chi connectivity index (χ2v) is 8.08. The van der Waals surface area contributed by atoms with Gasteiger partial charge in [0.15, 0.2) is 0 Å². The summed E-state index contributed by atoms with van der Waals surface area (Å²) < 4.78 is 28.2. The van der Waals surface area contributed by atoms with E-state index in [-0.39, 0.29) is 23.0 Å². The number of nitrogens with zero attached hydrogens (tertiary/aromatic N) is 3. The Labute approximate surface area is 144 Å². The number of allylic oxidation sites excluding steroid dienone is 1. The predicted molar refractivity (Wildman–Crippen MR) is 94.0 cm³/mol. The van der Waals surface area contributed by atoms with Crippen molar-refractivity contribution in [2.45, 2.75) is 24.9 Å². The maximum atomic E-state index is 12.4. The molecule has 0 spiro atoms. The molecule has 7 nitrogen and oxygen atoms in total. The molecule has 130 valence electrons. The van der Waals surface area contributed by atoms with E-state index in [1.807, 2.05) is 0 Å². The number of sulfonamides is 1. The molecular weight excluding hydrogens is 354 g/mol. The van der Waals surface area contributed by atoms with Crippen molar-refractivity contribution in [3.63, 3.8) is 0 Å². The van der Waals surface area contributed by atoms with Gasteiger partial charge >= 0.3 is 11.1 Å². The van der Waals surface area contributed by atoms with Gasteiger partial charge in [-0.1, -0.05) is 18.2 Å². The normalized spacial score (nSPS) is 12.0. The van der Waals surface area contributed by atoms with Crippen LogP contribution in [-0.4, -0.2) is 36.0 Å².